The molecule has 1 aromatic rings. The Kier molecular flexibility index (Phi) is 2.33. The van der Waals surface area contributed by atoms with Gasteiger partial charge in [0.05, 0.1) is 13.2 Å². The molecule has 0 saturated heterocycles. The monoisotopic (exact) mass is 194 g/mol. The Morgan fingerprint density at radius 3 is 3.00 bits per heavy atom. The molecule has 14 heavy (non-hydrogen) atoms. The van der Waals surface area contributed by atoms with Crippen LogP contribution in [-0.2, 0) is 6.42 Å². The summed E-state index contributed by atoms with van der Waals surface area (Å²) in [6.07, 6.45) is 0.204. The van der Waals surface area contributed by atoms with E-state index in [4.69, 9.17) is 9.47 Å². The highest BCUT2D eigenvalue weighted by Crippen LogP contribution is 2.32. The second-order valence-corrected chi connectivity index (χ2v) is 3.57. The average Bonchev–Trinajstić information content (AvgIpc) is 2.59. The van der Waals surface area contributed by atoms with Gasteiger partial charge in [0.25, 0.3) is 0 Å². The van der Waals surface area contributed by atoms with Gasteiger partial charge in [-0.15, -0.1) is 0 Å². The van der Waals surface area contributed by atoms with Crippen LogP contribution in [0.2, 0.25) is 0 Å². The zero-order valence-electron chi connectivity index (χ0n) is 8.36. The molecule has 1 aliphatic heterocycles. The molecular weight excluding hydrogens is 180 g/mol. The summed E-state index contributed by atoms with van der Waals surface area (Å²) in [4.78, 5) is 0. The van der Waals surface area contributed by atoms with Crippen LogP contribution in [0, 0.1) is 0 Å². The first-order valence-electron chi connectivity index (χ1n) is 4.72. The van der Waals surface area contributed by atoms with Gasteiger partial charge in [0.1, 0.15) is 17.6 Å². The third kappa shape index (κ3) is 1.55. The Morgan fingerprint density at radius 2 is 2.36 bits per heavy atom. The molecule has 2 atom stereocenters. The van der Waals surface area contributed by atoms with E-state index in [2.05, 4.69) is 0 Å². The predicted octanol–water partition coefficient (Wildman–Crippen LogP) is 1.38. The molecule has 0 bridgehead atoms. The smallest absolute Gasteiger partial charge is 0.128 e. The summed E-state index contributed by atoms with van der Waals surface area (Å²) in [6, 6.07) is 5.71. The molecule has 2 unspecified atom stereocenters. The fourth-order valence-electron chi connectivity index (χ4n) is 1.65. The molecule has 76 valence electrons. The van der Waals surface area contributed by atoms with Crippen LogP contribution in [0.3, 0.4) is 0 Å². The van der Waals surface area contributed by atoms with Crippen LogP contribution in [0.25, 0.3) is 0 Å². The first-order valence-corrected chi connectivity index (χ1v) is 4.72. The number of aliphatic hydroxyl groups is 1. The van der Waals surface area contributed by atoms with Gasteiger partial charge in [-0.3, -0.25) is 0 Å². The Labute approximate surface area is 83.3 Å². The first-order chi connectivity index (χ1) is 6.70. The van der Waals surface area contributed by atoms with Crippen molar-refractivity contribution in [1.29, 1.82) is 0 Å². The molecular formula is C11H14O3. The number of benzene rings is 1. The molecule has 0 radical (unpaired) electrons. The molecule has 0 saturated carbocycles. The van der Waals surface area contributed by atoms with Gasteiger partial charge in [0, 0.05) is 12.0 Å². The van der Waals surface area contributed by atoms with Crippen molar-refractivity contribution >= 4 is 0 Å². The lowest BCUT2D eigenvalue weighted by Gasteiger charge is -2.12. The van der Waals surface area contributed by atoms with Gasteiger partial charge in [0.15, 0.2) is 0 Å². The van der Waals surface area contributed by atoms with Crippen molar-refractivity contribution in [2.24, 2.45) is 0 Å². The van der Waals surface area contributed by atoms with Gasteiger partial charge in [-0.05, 0) is 25.1 Å². The zero-order chi connectivity index (χ0) is 10.1. The Hall–Kier alpha value is -1.22. The van der Waals surface area contributed by atoms with Crippen molar-refractivity contribution < 1.29 is 14.6 Å². The molecule has 2 rings (SSSR count). The summed E-state index contributed by atoms with van der Waals surface area (Å²) in [5, 5.41) is 9.39. The number of fused-ring (bicyclic) bond motifs is 1. The molecule has 1 aromatic carbocycles. The molecule has 0 amide bonds. The third-order valence-corrected chi connectivity index (χ3v) is 2.51. The number of rotatable bonds is 2. The normalized spacial score (nSPS) is 21.2. The molecule has 0 aliphatic carbocycles. The van der Waals surface area contributed by atoms with Gasteiger partial charge < -0.3 is 14.6 Å². The maximum absolute atomic E-state index is 9.39. The zero-order valence-corrected chi connectivity index (χ0v) is 8.36. The van der Waals surface area contributed by atoms with Crippen LogP contribution in [0.4, 0.5) is 0 Å². The van der Waals surface area contributed by atoms with Crippen LogP contribution < -0.4 is 9.47 Å². The molecule has 3 nitrogen and oxygen atoms in total. The standard InChI is InChI=1S/C11H14O3/c1-7(12)11-6-8-5-9(13-2)3-4-10(8)14-11/h3-5,7,11-12H,6H2,1-2H3. The van der Waals surface area contributed by atoms with Gasteiger partial charge in [-0.2, -0.15) is 0 Å². The quantitative estimate of drug-likeness (QED) is 0.773. The lowest BCUT2D eigenvalue weighted by Crippen LogP contribution is -2.26. The van der Waals surface area contributed by atoms with Crippen molar-refractivity contribution in [1.82, 2.24) is 0 Å². The summed E-state index contributed by atoms with van der Waals surface area (Å²) in [5.41, 5.74) is 1.11. The molecule has 0 spiro atoms. The Bertz CT molecular complexity index is 333. The van der Waals surface area contributed by atoms with Crippen LogP contribution in [0.1, 0.15) is 12.5 Å². The summed E-state index contributed by atoms with van der Waals surface area (Å²) in [7, 11) is 1.64. The molecule has 0 fully saturated rings. The third-order valence-electron chi connectivity index (χ3n) is 2.51. The lowest BCUT2D eigenvalue weighted by atomic mass is 10.1. The summed E-state index contributed by atoms with van der Waals surface area (Å²) < 4.78 is 10.7. The van der Waals surface area contributed by atoms with Gasteiger partial charge in [0.2, 0.25) is 0 Å². The minimum atomic E-state index is -0.437. The van der Waals surface area contributed by atoms with Crippen LogP contribution in [0.15, 0.2) is 18.2 Å². The molecule has 1 aliphatic rings. The topological polar surface area (TPSA) is 38.7 Å². The number of ether oxygens (including phenoxy) is 2. The molecule has 3 heteroatoms. The first kappa shape index (κ1) is 9.34. The fourth-order valence-corrected chi connectivity index (χ4v) is 1.65. The van der Waals surface area contributed by atoms with E-state index in [-0.39, 0.29) is 6.10 Å². The van der Waals surface area contributed by atoms with E-state index in [9.17, 15) is 5.11 Å². The van der Waals surface area contributed by atoms with E-state index in [0.29, 0.717) is 0 Å². The molecule has 0 aromatic heterocycles. The molecule has 1 heterocycles. The predicted molar refractivity (Wildman–Crippen MR) is 52.8 cm³/mol. The summed E-state index contributed by atoms with van der Waals surface area (Å²) in [5.74, 6) is 1.69. The second kappa shape index (κ2) is 3.50. The SMILES string of the molecule is COc1ccc2c(c1)CC(C(C)O)O2. The van der Waals surface area contributed by atoms with E-state index in [1.54, 1.807) is 14.0 Å². The van der Waals surface area contributed by atoms with Crippen molar-refractivity contribution in [2.45, 2.75) is 25.6 Å². The van der Waals surface area contributed by atoms with Crippen molar-refractivity contribution in [2.75, 3.05) is 7.11 Å². The second-order valence-electron chi connectivity index (χ2n) is 3.57. The number of hydrogen-bond acceptors (Lipinski definition) is 3. The minimum absolute atomic E-state index is 0.114. The highest BCUT2D eigenvalue weighted by atomic mass is 16.5. The van der Waals surface area contributed by atoms with E-state index in [1.807, 2.05) is 18.2 Å². The number of methoxy groups -OCH3 is 1. The summed E-state index contributed by atoms with van der Waals surface area (Å²) in [6.45, 7) is 1.74. The van der Waals surface area contributed by atoms with Crippen LogP contribution in [0.5, 0.6) is 11.5 Å². The summed E-state index contributed by atoms with van der Waals surface area (Å²) >= 11 is 0. The Morgan fingerprint density at radius 1 is 1.57 bits per heavy atom. The van der Waals surface area contributed by atoms with E-state index in [1.165, 1.54) is 0 Å². The van der Waals surface area contributed by atoms with Gasteiger partial charge in [-0.25, -0.2) is 0 Å². The minimum Gasteiger partial charge on any atom is -0.497 e. The van der Waals surface area contributed by atoms with Crippen LogP contribution >= 0.6 is 0 Å². The lowest BCUT2D eigenvalue weighted by molar-refractivity contribution is 0.0632. The fraction of sp³-hybridized carbons (Fsp3) is 0.455. The largest absolute Gasteiger partial charge is 0.497 e. The maximum Gasteiger partial charge on any atom is 0.128 e. The number of aliphatic hydroxyl groups excluding tert-OH is 1. The van der Waals surface area contributed by atoms with Gasteiger partial charge >= 0.3 is 0 Å². The van der Waals surface area contributed by atoms with Crippen molar-refractivity contribution in [3.8, 4) is 11.5 Å². The number of hydrogen-bond donors (Lipinski definition) is 1. The van der Waals surface area contributed by atoms with Crippen LogP contribution in [-0.4, -0.2) is 24.4 Å². The average molecular weight is 194 g/mol. The van der Waals surface area contributed by atoms with Gasteiger partial charge in [-0.1, -0.05) is 0 Å². The Balaban J connectivity index is 2.22. The molecule has 1 N–H and O–H groups in total. The van der Waals surface area contributed by atoms with Crippen molar-refractivity contribution in [3.05, 3.63) is 23.8 Å². The van der Waals surface area contributed by atoms with E-state index in [0.717, 1.165) is 23.5 Å². The highest BCUT2D eigenvalue weighted by molar-refractivity contribution is 5.43. The van der Waals surface area contributed by atoms with E-state index < -0.39 is 6.10 Å². The highest BCUT2D eigenvalue weighted by Gasteiger charge is 2.26. The van der Waals surface area contributed by atoms with E-state index >= 15 is 0 Å². The van der Waals surface area contributed by atoms with Crippen molar-refractivity contribution in [3.63, 3.8) is 0 Å². The maximum atomic E-state index is 9.39.